The lowest BCUT2D eigenvalue weighted by Crippen LogP contribution is -2.23. The minimum absolute atomic E-state index is 0.166. The van der Waals surface area contributed by atoms with E-state index in [4.69, 9.17) is 4.74 Å². The van der Waals surface area contributed by atoms with Gasteiger partial charge >= 0.3 is 5.97 Å². The molecule has 17 heavy (non-hydrogen) atoms. The second-order valence-electron chi connectivity index (χ2n) is 4.46. The number of fused-ring (bicyclic) bond motifs is 1. The number of nitrogens with zero attached hydrogens (tertiary/aromatic N) is 1. The molecule has 1 fully saturated rings. The van der Waals surface area contributed by atoms with E-state index in [1.807, 2.05) is 36.4 Å². The summed E-state index contributed by atoms with van der Waals surface area (Å²) in [5.74, 6) is -0.166. The Morgan fingerprint density at radius 1 is 1.24 bits per heavy atom. The first-order valence-corrected chi connectivity index (χ1v) is 5.71. The van der Waals surface area contributed by atoms with E-state index >= 15 is 0 Å². The summed E-state index contributed by atoms with van der Waals surface area (Å²) in [4.78, 5) is 16.3. The third-order valence-electron chi connectivity index (χ3n) is 3.41. The van der Waals surface area contributed by atoms with E-state index in [0.29, 0.717) is 0 Å². The normalized spacial score (nSPS) is 16.8. The lowest BCUT2D eigenvalue weighted by Gasteiger charge is -2.12. The number of methoxy groups -OCH3 is 1. The molecule has 0 atom stereocenters. The number of carbonyl (C=O) groups is 1. The van der Waals surface area contributed by atoms with Gasteiger partial charge in [-0.25, -0.2) is 0 Å². The van der Waals surface area contributed by atoms with Crippen molar-refractivity contribution in [1.82, 2.24) is 4.98 Å². The van der Waals surface area contributed by atoms with Gasteiger partial charge in [0.1, 0.15) is 5.41 Å². The first kappa shape index (κ1) is 10.3. The molecular formula is C14H13NO2. The van der Waals surface area contributed by atoms with Crippen molar-refractivity contribution < 1.29 is 9.53 Å². The van der Waals surface area contributed by atoms with E-state index in [2.05, 4.69) is 4.98 Å². The molecule has 0 spiro atoms. The van der Waals surface area contributed by atoms with Gasteiger partial charge in [-0.15, -0.1) is 0 Å². The zero-order chi connectivity index (χ0) is 11.9. The molecule has 1 aliphatic carbocycles. The Morgan fingerprint density at radius 3 is 2.71 bits per heavy atom. The van der Waals surface area contributed by atoms with Gasteiger partial charge in [-0.1, -0.05) is 24.3 Å². The lowest BCUT2D eigenvalue weighted by atomic mass is 10.0. The van der Waals surface area contributed by atoms with Gasteiger partial charge in [-0.2, -0.15) is 0 Å². The van der Waals surface area contributed by atoms with Crippen molar-refractivity contribution >= 4 is 16.9 Å². The summed E-state index contributed by atoms with van der Waals surface area (Å²) in [6.07, 6.45) is 1.68. The molecule has 1 heterocycles. The molecule has 0 N–H and O–H groups in total. The van der Waals surface area contributed by atoms with Crippen LogP contribution in [0.15, 0.2) is 36.4 Å². The summed E-state index contributed by atoms with van der Waals surface area (Å²) in [5.41, 5.74) is 1.29. The number of para-hydroxylation sites is 1. The third kappa shape index (κ3) is 1.50. The van der Waals surface area contributed by atoms with Crippen molar-refractivity contribution in [2.75, 3.05) is 7.11 Å². The van der Waals surface area contributed by atoms with Crippen molar-refractivity contribution in [1.29, 1.82) is 0 Å². The second kappa shape index (κ2) is 3.55. The van der Waals surface area contributed by atoms with Gasteiger partial charge in [-0.3, -0.25) is 9.78 Å². The fourth-order valence-electron chi connectivity index (χ4n) is 2.22. The standard InChI is InChI=1S/C14H13NO2/c1-17-13(16)14(8-9-14)12-7-6-10-4-2-3-5-11(10)15-12/h2-7H,8-9H2,1H3. The first-order valence-electron chi connectivity index (χ1n) is 5.71. The van der Waals surface area contributed by atoms with E-state index in [1.54, 1.807) is 0 Å². The number of carbonyl (C=O) groups excluding carboxylic acids is 1. The van der Waals surface area contributed by atoms with Crippen LogP contribution in [-0.4, -0.2) is 18.1 Å². The number of esters is 1. The molecule has 1 aromatic carbocycles. The van der Waals surface area contributed by atoms with Crippen LogP contribution < -0.4 is 0 Å². The SMILES string of the molecule is COC(=O)C1(c2ccc3ccccc3n2)CC1. The Morgan fingerprint density at radius 2 is 2.00 bits per heavy atom. The third-order valence-corrected chi connectivity index (χ3v) is 3.41. The first-order chi connectivity index (χ1) is 8.26. The molecule has 1 aliphatic rings. The number of hydrogen-bond acceptors (Lipinski definition) is 3. The molecule has 2 aromatic rings. The molecule has 3 heteroatoms. The average molecular weight is 227 g/mol. The minimum Gasteiger partial charge on any atom is -0.468 e. The maximum Gasteiger partial charge on any atom is 0.317 e. The summed E-state index contributed by atoms with van der Waals surface area (Å²) < 4.78 is 4.87. The predicted molar refractivity (Wildman–Crippen MR) is 64.7 cm³/mol. The molecule has 0 radical (unpaired) electrons. The van der Waals surface area contributed by atoms with E-state index in [9.17, 15) is 4.79 Å². The fourth-order valence-corrected chi connectivity index (χ4v) is 2.22. The van der Waals surface area contributed by atoms with E-state index in [-0.39, 0.29) is 5.97 Å². The zero-order valence-electron chi connectivity index (χ0n) is 9.64. The van der Waals surface area contributed by atoms with Gasteiger partial charge < -0.3 is 4.74 Å². The van der Waals surface area contributed by atoms with Crippen LogP contribution >= 0.6 is 0 Å². The van der Waals surface area contributed by atoms with Crippen molar-refractivity contribution in [3.05, 3.63) is 42.1 Å². The number of ether oxygens (including phenoxy) is 1. The minimum atomic E-state index is -0.473. The summed E-state index contributed by atoms with van der Waals surface area (Å²) in [6, 6.07) is 11.9. The molecule has 3 rings (SSSR count). The molecule has 0 saturated heterocycles. The maximum absolute atomic E-state index is 11.8. The monoisotopic (exact) mass is 227 g/mol. The van der Waals surface area contributed by atoms with Crippen LogP contribution in [0.2, 0.25) is 0 Å². The van der Waals surface area contributed by atoms with E-state index in [0.717, 1.165) is 29.4 Å². The quantitative estimate of drug-likeness (QED) is 0.740. The lowest BCUT2D eigenvalue weighted by molar-refractivity contribution is -0.143. The van der Waals surface area contributed by atoms with Gasteiger partial charge in [0.2, 0.25) is 0 Å². The van der Waals surface area contributed by atoms with Crippen LogP contribution in [0, 0.1) is 0 Å². The molecule has 86 valence electrons. The van der Waals surface area contributed by atoms with Crippen LogP contribution in [0.25, 0.3) is 10.9 Å². The van der Waals surface area contributed by atoms with Crippen molar-refractivity contribution in [3.63, 3.8) is 0 Å². The molecule has 0 unspecified atom stereocenters. The summed E-state index contributed by atoms with van der Waals surface area (Å²) in [7, 11) is 1.43. The highest BCUT2D eigenvalue weighted by Gasteiger charge is 2.53. The van der Waals surface area contributed by atoms with Crippen LogP contribution in [0.3, 0.4) is 0 Å². The number of aromatic nitrogens is 1. The highest BCUT2D eigenvalue weighted by molar-refractivity contribution is 5.87. The highest BCUT2D eigenvalue weighted by atomic mass is 16.5. The number of benzene rings is 1. The van der Waals surface area contributed by atoms with Gasteiger partial charge in [-0.05, 0) is 25.0 Å². The van der Waals surface area contributed by atoms with Crippen molar-refractivity contribution in [2.24, 2.45) is 0 Å². The summed E-state index contributed by atoms with van der Waals surface area (Å²) in [5, 5.41) is 1.09. The van der Waals surface area contributed by atoms with E-state index < -0.39 is 5.41 Å². The predicted octanol–water partition coefficient (Wildman–Crippen LogP) is 2.44. The van der Waals surface area contributed by atoms with Crippen LogP contribution in [0.1, 0.15) is 18.5 Å². The summed E-state index contributed by atoms with van der Waals surface area (Å²) >= 11 is 0. The molecule has 1 aromatic heterocycles. The Labute approximate surface area is 99.4 Å². The Balaban J connectivity index is 2.10. The van der Waals surface area contributed by atoms with Gasteiger partial charge in [0, 0.05) is 5.39 Å². The molecule has 0 aliphatic heterocycles. The highest BCUT2D eigenvalue weighted by Crippen LogP contribution is 2.48. The Kier molecular flexibility index (Phi) is 2.15. The number of rotatable bonds is 2. The van der Waals surface area contributed by atoms with Crippen molar-refractivity contribution in [3.8, 4) is 0 Å². The van der Waals surface area contributed by atoms with E-state index in [1.165, 1.54) is 7.11 Å². The van der Waals surface area contributed by atoms with Gasteiger partial charge in [0.25, 0.3) is 0 Å². The largest absolute Gasteiger partial charge is 0.468 e. The fraction of sp³-hybridized carbons (Fsp3) is 0.286. The second-order valence-corrected chi connectivity index (χ2v) is 4.46. The molecule has 0 bridgehead atoms. The average Bonchev–Trinajstić information content (AvgIpc) is 3.19. The maximum atomic E-state index is 11.8. The summed E-state index contributed by atoms with van der Waals surface area (Å²) in [6.45, 7) is 0. The van der Waals surface area contributed by atoms with Crippen LogP contribution in [0.4, 0.5) is 0 Å². The van der Waals surface area contributed by atoms with Crippen molar-refractivity contribution in [2.45, 2.75) is 18.3 Å². The molecule has 0 amide bonds. The van der Waals surface area contributed by atoms with Gasteiger partial charge in [0.15, 0.2) is 0 Å². The Hall–Kier alpha value is -1.90. The van der Waals surface area contributed by atoms with Crippen LogP contribution in [0.5, 0.6) is 0 Å². The van der Waals surface area contributed by atoms with Crippen LogP contribution in [-0.2, 0) is 14.9 Å². The molecule has 3 nitrogen and oxygen atoms in total. The van der Waals surface area contributed by atoms with Gasteiger partial charge in [0.05, 0.1) is 18.3 Å². The smallest absolute Gasteiger partial charge is 0.317 e. The molecular weight excluding hydrogens is 214 g/mol. The Bertz CT molecular complexity index is 588. The number of pyridine rings is 1. The topological polar surface area (TPSA) is 39.2 Å². The molecule has 1 saturated carbocycles. The number of hydrogen-bond donors (Lipinski definition) is 0. The zero-order valence-corrected chi connectivity index (χ0v) is 9.64.